The highest BCUT2D eigenvalue weighted by Crippen LogP contribution is 2.49. The van der Waals surface area contributed by atoms with Crippen LogP contribution in [0.1, 0.15) is 24.8 Å². The Balaban J connectivity index is 1.76. The highest BCUT2D eigenvalue weighted by molar-refractivity contribution is 5.36. The van der Waals surface area contributed by atoms with Gasteiger partial charge in [0.2, 0.25) is 0 Å². The highest BCUT2D eigenvalue weighted by atomic mass is 16.3. The van der Waals surface area contributed by atoms with Crippen LogP contribution in [0.5, 0.6) is 5.75 Å². The van der Waals surface area contributed by atoms with E-state index in [-0.39, 0.29) is 0 Å². The molecule has 0 bridgehead atoms. The Kier molecular flexibility index (Phi) is 1.99. The third-order valence-corrected chi connectivity index (χ3v) is 3.81. The first-order chi connectivity index (χ1) is 7.28. The summed E-state index contributed by atoms with van der Waals surface area (Å²) in [6, 6.07) is 7.79. The van der Waals surface area contributed by atoms with Crippen molar-refractivity contribution < 1.29 is 5.11 Å². The van der Waals surface area contributed by atoms with Gasteiger partial charge in [0.05, 0.1) is 0 Å². The lowest BCUT2D eigenvalue weighted by atomic mass is 9.94. The largest absolute Gasteiger partial charge is 0.508 e. The molecular formula is C13H17NO. The van der Waals surface area contributed by atoms with Crippen LogP contribution in [0, 0.1) is 0 Å². The molecule has 0 atom stereocenters. The van der Waals surface area contributed by atoms with Gasteiger partial charge in [0, 0.05) is 12.0 Å². The van der Waals surface area contributed by atoms with Crippen molar-refractivity contribution in [2.24, 2.45) is 0 Å². The van der Waals surface area contributed by atoms with Crippen molar-refractivity contribution in [2.45, 2.75) is 24.7 Å². The zero-order valence-corrected chi connectivity index (χ0v) is 8.95. The second kappa shape index (κ2) is 3.24. The summed E-state index contributed by atoms with van der Waals surface area (Å²) in [5.41, 5.74) is 1.83. The molecule has 1 aromatic carbocycles. The fourth-order valence-corrected chi connectivity index (χ4v) is 2.47. The topological polar surface area (TPSA) is 23.5 Å². The van der Waals surface area contributed by atoms with Crippen LogP contribution in [0.3, 0.4) is 0 Å². The summed E-state index contributed by atoms with van der Waals surface area (Å²) >= 11 is 0. The SMILES string of the molecule is Oc1ccc(C2(CN3CCC3)CC2)cc1. The number of nitrogens with zero attached hydrogens (tertiary/aromatic N) is 1. The van der Waals surface area contributed by atoms with Gasteiger partial charge >= 0.3 is 0 Å². The lowest BCUT2D eigenvalue weighted by Gasteiger charge is -2.34. The lowest BCUT2D eigenvalue weighted by Crippen LogP contribution is -2.42. The molecule has 2 fully saturated rings. The molecule has 0 spiro atoms. The minimum atomic E-state index is 0.374. The molecule has 1 aliphatic carbocycles. The number of aromatic hydroxyl groups is 1. The van der Waals surface area contributed by atoms with E-state index < -0.39 is 0 Å². The van der Waals surface area contributed by atoms with E-state index >= 15 is 0 Å². The second-order valence-electron chi connectivity index (χ2n) is 4.96. The standard InChI is InChI=1S/C13H17NO/c15-12-4-2-11(3-5-12)13(6-7-13)10-14-8-1-9-14/h2-5,15H,1,6-10H2. The molecule has 0 amide bonds. The molecular weight excluding hydrogens is 186 g/mol. The first-order valence-corrected chi connectivity index (χ1v) is 5.80. The number of benzene rings is 1. The monoisotopic (exact) mass is 203 g/mol. The highest BCUT2D eigenvalue weighted by Gasteiger charge is 2.45. The van der Waals surface area contributed by atoms with Gasteiger partial charge in [-0.15, -0.1) is 0 Å². The minimum Gasteiger partial charge on any atom is -0.508 e. The van der Waals surface area contributed by atoms with E-state index in [1.807, 2.05) is 12.1 Å². The van der Waals surface area contributed by atoms with Crippen molar-refractivity contribution in [3.8, 4) is 5.75 Å². The van der Waals surface area contributed by atoms with E-state index in [9.17, 15) is 5.11 Å². The molecule has 15 heavy (non-hydrogen) atoms. The van der Waals surface area contributed by atoms with E-state index in [2.05, 4.69) is 17.0 Å². The zero-order chi connectivity index (χ0) is 10.3. The van der Waals surface area contributed by atoms with Crippen LogP contribution in [-0.4, -0.2) is 29.6 Å². The Bertz CT molecular complexity index is 349. The molecule has 2 aliphatic rings. The molecule has 0 unspecified atom stereocenters. The maximum Gasteiger partial charge on any atom is 0.115 e. The fourth-order valence-electron chi connectivity index (χ4n) is 2.47. The smallest absolute Gasteiger partial charge is 0.115 e. The van der Waals surface area contributed by atoms with Crippen molar-refractivity contribution >= 4 is 0 Å². The van der Waals surface area contributed by atoms with E-state index in [1.165, 1.54) is 44.5 Å². The Morgan fingerprint density at radius 2 is 1.80 bits per heavy atom. The minimum absolute atomic E-state index is 0.374. The molecule has 2 nitrogen and oxygen atoms in total. The third kappa shape index (κ3) is 1.63. The molecule has 1 aromatic rings. The van der Waals surface area contributed by atoms with E-state index in [1.54, 1.807) is 0 Å². The maximum atomic E-state index is 9.27. The third-order valence-electron chi connectivity index (χ3n) is 3.81. The van der Waals surface area contributed by atoms with Gasteiger partial charge in [-0.1, -0.05) is 12.1 Å². The first kappa shape index (κ1) is 9.22. The molecule has 0 aromatic heterocycles. The van der Waals surface area contributed by atoms with Crippen molar-refractivity contribution in [3.05, 3.63) is 29.8 Å². The van der Waals surface area contributed by atoms with Crippen LogP contribution in [-0.2, 0) is 5.41 Å². The number of hydrogen-bond acceptors (Lipinski definition) is 2. The van der Waals surface area contributed by atoms with Crippen molar-refractivity contribution in [1.82, 2.24) is 4.90 Å². The Labute approximate surface area is 90.5 Å². The second-order valence-corrected chi connectivity index (χ2v) is 4.96. The summed E-state index contributed by atoms with van der Waals surface area (Å²) < 4.78 is 0. The molecule has 1 saturated heterocycles. The summed E-state index contributed by atoms with van der Waals surface area (Å²) in [5, 5.41) is 9.27. The summed E-state index contributed by atoms with van der Waals surface area (Å²) in [5.74, 6) is 0.374. The van der Waals surface area contributed by atoms with Gasteiger partial charge < -0.3 is 10.0 Å². The van der Waals surface area contributed by atoms with Crippen molar-refractivity contribution in [3.63, 3.8) is 0 Å². The van der Waals surface area contributed by atoms with Gasteiger partial charge in [0.1, 0.15) is 5.75 Å². The van der Waals surface area contributed by atoms with Gasteiger partial charge in [-0.2, -0.15) is 0 Å². The van der Waals surface area contributed by atoms with Crippen LogP contribution in [0.4, 0.5) is 0 Å². The van der Waals surface area contributed by atoms with E-state index in [4.69, 9.17) is 0 Å². The van der Waals surface area contributed by atoms with Gasteiger partial charge in [0.25, 0.3) is 0 Å². The lowest BCUT2D eigenvalue weighted by molar-refractivity contribution is 0.164. The van der Waals surface area contributed by atoms with Crippen LogP contribution in [0.15, 0.2) is 24.3 Å². The molecule has 1 N–H and O–H groups in total. The average molecular weight is 203 g/mol. The average Bonchev–Trinajstić information content (AvgIpc) is 2.94. The van der Waals surface area contributed by atoms with Gasteiger partial charge in [-0.05, 0) is 50.0 Å². The summed E-state index contributed by atoms with van der Waals surface area (Å²) in [6.07, 6.45) is 3.99. The van der Waals surface area contributed by atoms with Crippen molar-refractivity contribution in [2.75, 3.05) is 19.6 Å². The summed E-state index contributed by atoms with van der Waals surface area (Å²) in [6.45, 7) is 3.78. The van der Waals surface area contributed by atoms with E-state index in [0.717, 1.165) is 0 Å². The number of rotatable bonds is 3. The molecule has 1 aliphatic heterocycles. The first-order valence-electron chi connectivity index (χ1n) is 5.80. The number of phenols is 1. The van der Waals surface area contributed by atoms with E-state index in [0.29, 0.717) is 11.2 Å². The summed E-state index contributed by atoms with van der Waals surface area (Å²) in [4.78, 5) is 2.54. The molecule has 1 heterocycles. The Morgan fingerprint density at radius 3 is 2.27 bits per heavy atom. The maximum absolute atomic E-state index is 9.27. The zero-order valence-electron chi connectivity index (χ0n) is 8.95. The van der Waals surface area contributed by atoms with Gasteiger partial charge in [-0.3, -0.25) is 0 Å². The Hall–Kier alpha value is -1.02. The van der Waals surface area contributed by atoms with Crippen molar-refractivity contribution in [1.29, 1.82) is 0 Å². The molecule has 3 rings (SSSR count). The van der Waals surface area contributed by atoms with Gasteiger partial charge in [0.15, 0.2) is 0 Å². The predicted octanol–water partition coefficient (Wildman–Crippen LogP) is 2.13. The number of likely N-dealkylation sites (tertiary alicyclic amines) is 1. The normalized spacial score (nSPS) is 23.5. The fraction of sp³-hybridized carbons (Fsp3) is 0.538. The predicted molar refractivity (Wildman–Crippen MR) is 60.1 cm³/mol. The van der Waals surface area contributed by atoms with Crippen LogP contribution in [0.2, 0.25) is 0 Å². The molecule has 0 radical (unpaired) electrons. The molecule has 1 saturated carbocycles. The summed E-state index contributed by atoms with van der Waals surface area (Å²) in [7, 11) is 0. The van der Waals surface area contributed by atoms with Crippen LogP contribution >= 0.6 is 0 Å². The van der Waals surface area contributed by atoms with Gasteiger partial charge in [-0.25, -0.2) is 0 Å². The van der Waals surface area contributed by atoms with Crippen LogP contribution in [0.25, 0.3) is 0 Å². The number of phenolic OH excluding ortho intramolecular Hbond substituents is 1. The number of hydrogen-bond donors (Lipinski definition) is 1. The molecule has 2 heteroatoms. The quantitative estimate of drug-likeness (QED) is 0.813. The Morgan fingerprint density at radius 1 is 1.13 bits per heavy atom. The molecule has 80 valence electrons. The van der Waals surface area contributed by atoms with Crippen LogP contribution < -0.4 is 0 Å².